The third-order valence-electron chi connectivity index (χ3n) is 3.01. The van der Waals surface area contributed by atoms with Gasteiger partial charge in [-0.1, -0.05) is 31.5 Å². The number of halogens is 4. The van der Waals surface area contributed by atoms with Crippen LogP contribution in [0.3, 0.4) is 0 Å². The van der Waals surface area contributed by atoms with Crippen molar-refractivity contribution in [3.63, 3.8) is 0 Å². The van der Waals surface area contributed by atoms with Gasteiger partial charge in [-0.2, -0.15) is 0 Å². The second-order valence-corrected chi connectivity index (χ2v) is 8.22. The normalized spacial score (nSPS) is 12.6. The van der Waals surface area contributed by atoms with E-state index < -0.39 is 7.25 Å². The summed E-state index contributed by atoms with van der Waals surface area (Å²) in [5, 5.41) is 3.14. The molecule has 128 valence electrons. The quantitative estimate of drug-likeness (QED) is 0.288. The van der Waals surface area contributed by atoms with E-state index in [2.05, 4.69) is 25.3 Å². The smallest absolute Gasteiger partial charge is 0.418 e. The Labute approximate surface area is 140 Å². The minimum atomic E-state index is -6.00. The van der Waals surface area contributed by atoms with Gasteiger partial charge >= 0.3 is 7.25 Å². The summed E-state index contributed by atoms with van der Waals surface area (Å²) in [5.41, 5.74) is 0.923. The summed E-state index contributed by atoms with van der Waals surface area (Å²) in [7, 11) is -5.77. The van der Waals surface area contributed by atoms with E-state index in [1.54, 1.807) is 11.3 Å². The summed E-state index contributed by atoms with van der Waals surface area (Å²) in [5.74, 6) is 2.21. The number of Topliss-reactive ketones (excluding diaryl/α,β-unsaturated/α-hetero) is 1. The lowest BCUT2D eigenvalue weighted by Gasteiger charge is -2.02. The zero-order chi connectivity index (χ0) is 17.5. The standard InChI is InChI=1S/C15H19OS2.BF4/c1-3-4-9-18(2)11-14(16)13-10-17-15-8-6-5-7-12(13)15;2-1(3,4)5/h5-8,10H,3-4,9,11H2,1-2H3;/q+1;-1. The van der Waals surface area contributed by atoms with Crippen LogP contribution in [0.4, 0.5) is 17.3 Å². The summed E-state index contributed by atoms with van der Waals surface area (Å²) in [6.45, 7) is 2.20. The number of unbranched alkanes of at least 4 members (excludes halogenated alkanes) is 1. The van der Waals surface area contributed by atoms with Crippen molar-refractivity contribution >= 4 is 45.4 Å². The van der Waals surface area contributed by atoms with Crippen molar-refractivity contribution < 1.29 is 22.1 Å². The van der Waals surface area contributed by atoms with Crippen molar-refractivity contribution in [2.75, 3.05) is 17.8 Å². The minimum absolute atomic E-state index is 0.228. The second kappa shape index (κ2) is 9.32. The van der Waals surface area contributed by atoms with Crippen molar-refractivity contribution in [1.82, 2.24) is 0 Å². The fourth-order valence-electron chi connectivity index (χ4n) is 1.96. The summed E-state index contributed by atoms with van der Waals surface area (Å²) in [6, 6.07) is 8.17. The molecule has 23 heavy (non-hydrogen) atoms. The maximum atomic E-state index is 12.3. The van der Waals surface area contributed by atoms with Crippen molar-refractivity contribution in [3.05, 3.63) is 35.2 Å². The molecule has 0 fully saturated rings. The van der Waals surface area contributed by atoms with Crippen molar-refractivity contribution in [1.29, 1.82) is 0 Å². The van der Waals surface area contributed by atoms with Gasteiger partial charge < -0.3 is 17.3 Å². The van der Waals surface area contributed by atoms with Gasteiger partial charge in [-0.15, -0.1) is 11.3 Å². The fraction of sp³-hybridized carbons (Fsp3) is 0.400. The molecule has 0 N–H and O–H groups in total. The molecular formula is C15H19BF4OS2. The Morgan fingerprint density at radius 3 is 2.43 bits per heavy atom. The lowest BCUT2D eigenvalue weighted by atomic mass is 10.1. The Balaban J connectivity index is 0.000000463. The van der Waals surface area contributed by atoms with Crippen LogP contribution in [0.25, 0.3) is 10.1 Å². The van der Waals surface area contributed by atoms with Gasteiger partial charge in [0.2, 0.25) is 5.78 Å². The van der Waals surface area contributed by atoms with Gasteiger partial charge in [0.15, 0.2) is 5.75 Å². The van der Waals surface area contributed by atoms with Crippen LogP contribution in [0.5, 0.6) is 0 Å². The van der Waals surface area contributed by atoms with Gasteiger partial charge in [-0.05, 0) is 23.4 Å². The van der Waals surface area contributed by atoms with Crippen LogP contribution >= 0.6 is 11.3 Å². The molecule has 0 bridgehead atoms. The number of ketones is 1. The van der Waals surface area contributed by atoms with Crippen molar-refractivity contribution in [3.8, 4) is 0 Å². The molecule has 1 heterocycles. The number of rotatable bonds is 6. The molecule has 1 nitrogen and oxygen atoms in total. The lowest BCUT2D eigenvalue weighted by molar-refractivity contribution is 0.102. The monoisotopic (exact) mass is 366 g/mol. The summed E-state index contributed by atoms with van der Waals surface area (Å²) in [4.78, 5) is 12.3. The topological polar surface area (TPSA) is 17.1 Å². The second-order valence-electron chi connectivity index (χ2n) is 5.05. The molecular weight excluding hydrogens is 347 g/mol. The summed E-state index contributed by atoms with van der Waals surface area (Å²) in [6.07, 6.45) is 4.66. The molecule has 1 aromatic carbocycles. The first-order valence-electron chi connectivity index (χ1n) is 7.18. The molecule has 0 aliphatic heterocycles. The van der Waals surface area contributed by atoms with E-state index >= 15 is 0 Å². The van der Waals surface area contributed by atoms with Crippen LogP contribution in [0.1, 0.15) is 30.1 Å². The van der Waals surface area contributed by atoms with E-state index in [9.17, 15) is 22.1 Å². The third-order valence-corrected chi connectivity index (χ3v) is 5.71. The van der Waals surface area contributed by atoms with Crippen LogP contribution in [0, 0.1) is 0 Å². The SMILES string of the molecule is CCCC[S+](C)CC(=O)c1csc2ccccc12.F[B-](F)(F)F. The largest absolute Gasteiger partial charge is 0.673 e. The Bertz CT molecular complexity index is 621. The lowest BCUT2D eigenvalue weighted by Crippen LogP contribution is -2.18. The highest BCUT2D eigenvalue weighted by atomic mass is 32.2. The summed E-state index contributed by atoms with van der Waals surface area (Å²) >= 11 is 1.67. The van der Waals surface area contributed by atoms with Gasteiger partial charge in [0, 0.05) is 21.0 Å². The van der Waals surface area contributed by atoms with Gasteiger partial charge in [0.1, 0.15) is 5.75 Å². The molecule has 0 saturated heterocycles. The number of fused-ring (bicyclic) bond motifs is 1. The summed E-state index contributed by atoms with van der Waals surface area (Å²) < 4.78 is 40.2. The fourth-order valence-corrected chi connectivity index (χ4v) is 4.45. The predicted octanol–water partition coefficient (Wildman–Crippen LogP) is 5.43. The first kappa shape index (κ1) is 20.0. The number of carbonyl (C=O) groups excluding carboxylic acids is 1. The predicted molar refractivity (Wildman–Crippen MR) is 94.3 cm³/mol. The molecule has 0 spiro atoms. The molecule has 0 radical (unpaired) electrons. The van der Waals surface area contributed by atoms with E-state index in [0.717, 1.165) is 10.9 Å². The minimum Gasteiger partial charge on any atom is -0.418 e. The Morgan fingerprint density at radius 1 is 1.22 bits per heavy atom. The molecule has 0 saturated carbocycles. The maximum Gasteiger partial charge on any atom is 0.673 e. The molecule has 1 atom stereocenters. The number of benzene rings is 1. The first-order chi connectivity index (χ1) is 10.7. The highest BCUT2D eigenvalue weighted by Gasteiger charge is 2.21. The highest BCUT2D eigenvalue weighted by Crippen LogP contribution is 2.26. The zero-order valence-electron chi connectivity index (χ0n) is 13.0. The Kier molecular flexibility index (Phi) is 8.12. The molecule has 0 amide bonds. The Morgan fingerprint density at radius 2 is 1.83 bits per heavy atom. The zero-order valence-corrected chi connectivity index (χ0v) is 14.7. The Hall–Kier alpha value is -1.02. The van der Waals surface area contributed by atoms with Crippen LogP contribution in [0.15, 0.2) is 29.6 Å². The average Bonchev–Trinajstić information content (AvgIpc) is 2.87. The molecule has 2 aromatic rings. The number of hydrogen-bond donors (Lipinski definition) is 0. The highest BCUT2D eigenvalue weighted by molar-refractivity contribution is 7.96. The molecule has 1 aromatic heterocycles. The van der Waals surface area contributed by atoms with Crippen LogP contribution in [-0.2, 0) is 10.9 Å². The van der Waals surface area contributed by atoms with E-state index in [1.165, 1.54) is 23.3 Å². The average molecular weight is 366 g/mol. The van der Waals surface area contributed by atoms with E-state index in [0.29, 0.717) is 11.5 Å². The van der Waals surface area contributed by atoms with Gasteiger partial charge in [0.25, 0.3) is 0 Å². The van der Waals surface area contributed by atoms with Crippen molar-refractivity contribution in [2.45, 2.75) is 19.8 Å². The van der Waals surface area contributed by atoms with Crippen LogP contribution < -0.4 is 0 Å². The first-order valence-corrected chi connectivity index (χ1v) is 10.0. The molecule has 1 unspecified atom stereocenters. The third kappa shape index (κ3) is 7.88. The maximum absolute atomic E-state index is 12.3. The number of carbonyl (C=O) groups is 1. The van der Waals surface area contributed by atoms with E-state index in [-0.39, 0.29) is 10.9 Å². The number of hydrogen-bond acceptors (Lipinski definition) is 2. The van der Waals surface area contributed by atoms with E-state index in [1.807, 2.05) is 17.5 Å². The molecule has 8 heteroatoms. The van der Waals surface area contributed by atoms with Crippen LogP contribution in [-0.4, -0.2) is 30.8 Å². The van der Waals surface area contributed by atoms with Crippen LogP contribution in [0.2, 0.25) is 0 Å². The molecule has 0 aliphatic carbocycles. The number of thiophene rings is 1. The van der Waals surface area contributed by atoms with Crippen molar-refractivity contribution in [2.24, 2.45) is 0 Å². The molecule has 0 aliphatic rings. The molecule has 2 rings (SSSR count). The van der Waals surface area contributed by atoms with Gasteiger partial charge in [0.05, 0.1) is 6.26 Å². The van der Waals surface area contributed by atoms with Gasteiger partial charge in [-0.25, -0.2) is 0 Å². The van der Waals surface area contributed by atoms with Gasteiger partial charge in [-0.3, -0.25) is 4.79 Å². The van der Waals surface area contributed by atoms with E-state index in [4.69, 9.17) is 0 Å².